The number of aromatic amines is 1. The van der Waals surface area contributed by atoms with Crippen LogP contribution in [0.15, 0.2) is 6.20 Å². The molecule has 1 aromatic rings. The van der Waals surface area contributed by atoms with Crippen LogP contribution < -0.4 is 0 Å². The molecular formula is C10H14N4O. The van der Waals surface area contributed by atoms with Gasteiger partial charge in [-0.3, -0.25) is 4.79 Å². The van der Waals surface area contributed by atoms with Gasteiger partial charge in [0.05, 0.1) is 6.20 Å². The molecule has 0 aliphatic heterocycles. The number of carbonyl (C=O) groups is 1. The number of nitrogens with one attached hydrogen (secondary N) is 1. The largest absolute Gasteiger partial charge is 0.334 e. The second kappa shape index (κ2) is 3.32. The quantitative estimate of drug-likeness (QED) is 0.793. The number of carbonyl (C=O) groups excluding carboxylic acids is 1. The summed E-state index contributed by atoms with van der Waals surface area (Å²) < 4.78 is 0. The first-order chi connectivity index (χ1) is 7.34. The fourth-order valence-corrected chi connectivity index (χ4v) is 1.81. The topological polar surface area (TPSA) is 61.9 Å². The predicted molar refractivity (Wildman–Crippen MR) is 53.2 cm³/mol. The van der Waals surface area contributed by atoms with Crippen molar-refractivity contribution in [3.8, 4) is 0 Å². The van der Waals surface area contributed by atoms with E-state index >= 15 is 0 Å². The SMILES string of the molecule is O=C(c1cn[nH]n1)N(CC1CC1)C1CC1. The summed E-state index contributed by atoms with van der Waals surface area (Å²) in [4.78, 5) is 14.0. The molecule has 2 saturated carbocycles. The lowest BCUT2D eigenvalue weighted by Gasteiger charge is -2.20. The van der Waals surface area contributed by atoms with Crippen molar-refractivity contribution >= 4 is 5.91 Å². The Hall–Kier alpha value is -1.39. The van der Waals surface area contributed by atoms with E-state index in [1.165, 1.54) is 19.0 Å². The van der Waals surface area contributed by atoms with Gasteiger partial charge >= 0.3 is 0 Å². The van der Waals surface area contributed by atoms with E-state index in [2.05, 4.69) is 15.4 Å². The predicted octanol–water partition coefficient (Wildman–Crippen LogP) is 0.819. The van der Waals surface area contributed by atoms with Crippen molar-refractivity contribution in [2.45, 2.75) is 31.7 Å². The van der Waals surface area contributed by atoms with Crippen molar-refractivity contribution in [2.24, 2.45) is 5.92 Å². The smallest absolute Gasteiger partial charge is 0.276 e. The molecule has 15 heavy (non-hydrogen) atoms. The molecule has 80 valence electrons. The summed E-state index contributed by atoms with van der Waals surface area (Å²) in [6, 6.07) is 0.467. The number of nitrogens with zero attached hydrogens (tertiary/aromatic N) is 3. The highest BCUT2D eigenvalue weighted by Gasteiger charge is 2.37. The molecule has 2 aliphatic carbocycles. The van der Waals surface area contributed by atoms with Crippen molar-refractivity contribution < 1.29 is 4.79 Å². The van der Waals surface area contributed by atoms with Crippen LogP contribution in [0.1, 0.15) is 36.2 Å². The van der Waals surface area contributed by atoms with Crippen molar-refractivity contribution in [1.82, 2.24) is 20.3 Å². The average Bonchev–Trinajstić information content (AvgIpc) is 3.14. The van der Waals surface area contributed by atoms with Crippen LogP contribution in [0.25, 0.3) is 0 Å². The van der Waals surface area contributed by atoms with Crippen LogP contribution in [-0.2, 0) is 0 Å². The highest BCUT2D eigenvalue weighted by atomic mass is 16.2. The normalized spacial score (nSPS) is 20.3. The van der Waals surface area contributed by atoms with Gasteiger partial charge in [0.15, 0.2) is 5.69 Å². The standard InChI is InChI=1S/C10H14N4O/c15-10(9-5-11-13-12-9)14(8-3-4-8)6-7-1-2-7/h5,7-8H,1-4,6H2,(H,11,12,13). The van der Waals surface area contributed by atoms with Gasteiger partial charge in [0.1, 0.15) is 0 Å². The molecule has 0 aromatic carbocycles. The van der Waals surface area contributed by atoms with Crippen LogP contribution in [0, 0.1) is 5.92 Å². The molecule has 0 radical (unpaired) electrons. The second-order valence-electron chi connectivity index (χ2n) is 4.49. The molecule has 2 aliphatic rings. The molecule has 1 N–H and O–H groups in total. The zero-order valence-corrected chi connectivity index (χ0v) is 8.52. The Morgan fingerprint density at radius 1 is 1.47 bits per heavy atom. The number of hydrogen-bond acceptors (Lipinski definition) is 3. The van der Waals surface area contributed by atoms with Gasteiger partial charge in [-0.1, -0.05) is 0 Å². The van der Waals surface area contributed by atoms with Gasteiger partial charge in [0.25, 0.3) is 5.91 Å². The van der Waals surface area contributed by atoms with Crippen molar-refractivity contribution in [3.63, 3.8) is 0 Å². The van der Waals surface area contributed by atoms with E-state index in [-0.39, 0.29) is 5.91 Å². The molecule has 1 amide bonds. The summed E-state index contributed by atoms with van der Waals surface area (Å²) in [5.41, 5.74) is 0.447. The highest BCUT2D eigenvalue weighted by molar-refractivity contribution is 5.92. The third kappa shape index (κ3) is 1.86. The van der Waals surface area contributed by atoms with E-state index < -0.39 is 0 Å². The Balaban J connectivity index is 1.72. The molecule has 0 saturated heterocycles. The maximum Gasteiger partial charge on any atom is 0.276 e. The summed E-state index contributed by atoms with van der Waals surface area (Å²) in [5, 5.41) is 10.0. The van der Waals surface area contributed by atoms with E-state index in [0.29, 0.717) is 11.7 Å². The highest BCUT2D eigenvalue weighted by Crippen LogP contribution is 2.35. The first kappa shape index (κ1) is 8.88. The fourth-order valence-electron chi connectivity index (χ4n) is 1.81. The molecule has 3 rings (SSSR count). The summed E-state index contributed by atoms with van der Waals surface area (Å²) in [7, 11) is 0. The Bertz CT molecular complexity index is 354. The zero-order valence-electron chi connectivity index (χ0n) is 8.52. The van der Waals surface area contributed by atoms with Gasteiger partial charge in [-0.15, -0.1) is 0 Å². The Morgan fingerprint density at radius 2 is 2.27 bits per heavy atom. The van der Waals surface area contributed by atoms with Gasteiger partial charge in [0, 0.05) is 12.6 Å². The Morgan fingerprint density at radius 3 is 2.80 bits per heavy atom. The first-order valence-electron chi connectivity index (χ1n) is 5.51. The zero-order chi connectivity index (χ0) is 10.3. The molecule has 0 bridgehead atoms. The molecule has 0 unspecified atom stereocenters. The van der Waals surface area contributed by atoms with Crippen LogP contribution in [0.3, 0.4) is 0 Å². The minimum absolute atomic E-state index is 0.0400. The maximum atomic E-state index is 12.1. The molecule has 5 nitrogen and oxygen atoms in total. The Labute approximate surface area is 87.8 Å². The lowest BCUT2D eigenvalue weighted by molar-refractivity contribution is 0.0729. The van der Waals surface area contributed by atoms with Crippen molar-refractivity contribution in [3.05, 3.63) is 11.9 Å². The monoisotopic (exact) mass is 206 g/mol. The number of amides is 1. The van der Waals surface area contributed by atoms with E-state index in [1.54, 1.807) is 0 Å². The summed E-state index contributed by atoms with van der Waals surface area (Å²) in [6.45, 7) is 0.913. The fraction of sp³-hybridized carbons (Fsp3) is 0.700. The number of aromatic nitrogens is 3. The van der Waals surface area contributed by atoms with Crippen molar-refractivity contribution in [1.29, 1.82) is 0 Å². The summed E-state index contributed by atoms with van der Waals surface area (Å²) in [6.07, 6.45) is 6.35. The van der Waals surface area contributed by atoms with E-state index in [0.717, 1.165) is 25.3 Å². The van der Waals surface area contributed by atoms with E-state index in [4.69, 9.17) is 0 Å². The lowest BCUT2D eigenvalue weighted by atomic mass is 10.3. The molecule has 1 aromatic heterocycles. The number of H-pyrrole nitrogens is 1. The van der Waals surface area contributed by atoms with Gasteiger partial charge in [-0.05, 0) is 31.6 Å². The van der Waals surface area contributed by atoms with Gasteiger partial charge in [-0.2, -0.15) is 15.4 Å². The van der Waals surface area contributed by atoms with Gasteiger partial charge < -0.3 is 4.90 Å². The lowest BCUT2D eigenvalue weighted by Crippen LogP contribution is -2.35. The summed E-state index contributed by atoms with van der Waals surface area (Å²) >= 11 is 0. The maximum absolute atomic E-state index is 12.1. The van der Waals surface area contributed by atoms with E-state index in [1.807, 2.05) is 4.90 Å². The molecule has 5 heteroatoms. The minimum Gasteiger partial charge on any atom is -0.334 e. The number of rotatable bonds is 4. The van der Waals surface area contributed by atoms with Crippen LogP contribution in [0.4, 0.5) is 0 Å². The Kier molecular flexibility index (Phi) is 1.97. The molecule has 2 fully saturated rings. The van der Waals surface area contributed by atoms with Gasteiger partial charge in [-0.25, -0.2) is 0 Å². The average molecular weight is 206 g/mol. The van der Waals surface area contributed by atoms with E-state index in [9.17, 15) is 4.79 Å². The summed E-state index contributed by atoms with van der Waals surface area (Å²) in [5.74, 6) is 0.777. The van der Waals surface area contributed by atoms with Gasteiger partial charge in [0.2, 0.25) is 0 Å². The van der Waals surface area contributed by atoms with Crippen molar-refractivity contribution in [2.75, 3.05) is 6.54 Å². The second-order valence-corrected chi connectivity index (χ2v) is 4.49. The molecule has 0 atom stereocenters. The third-order valence-electron chi connectivity index (χ3n) is 3.03. The third-order valence-corrected chi connectivity index (χ3v) is 3.03. The van der Waals surface area contributed by atoms with Crippen LogP contribution in [0.2, 0.25) is 0 Å². The van der Waals surface area contributed by atoms with Crippen LogP contribution in [0.5, 0.6) is 0 Å². The molecular weight excluding hydrogens is 192 g/mol. The number of hydrogen-bond donors (Lipinski definition) is 1. The van der Waals surface area contributed by atoms with Crippen LogP contribution >= 0.6 is 0 Å². The molecule has 1 heterocycles. The first-order valence-corrected chi connectivity index (χ1v) is 5.51. The van der Waals surface area contributed by atoms with Crippen LogP contribution in [-0.4, -0.2) is 38.8 Å². The minimum atomic E-state index is 0.0400. The molecule has 0 spiro atoms.